The number of ether oxygens (including phenoxy) is 4. The topological polar surface area (TPSA) is 124 Å². The Hall–Kier alpha value is -3.97. The maximum Gasteiger partial charge on any atom is 0.410 e. The summed E-state index contributed by atoms with van der Waals surface area (Å²) in [7, 11) is -1.19. The number of piperidine rings is 1. The fourth-order valence-electron chi connectivity index (χ4n) is 6.62. The van der Waals surface area contributed by atoms with Crippen LogP contribution >= 0.6 is 0 Å². The van der Waals surface area contributed by atoms with Crippen molar-refractivity contribution in [2.24, 2.45) is 0 Å². The third kappa shape index (κ3) is 12.5. The van der Waals surface area contributed by atoms with Crippen LogP contribution in [0.4, 0.5) is 15.0 Å². The zero-order valence-corrected chi connectivity index (χ0v) is 38.4. The number of methoxy groups -OCH3 is 1. The minimum atomic E-state index is -1.36. The molecule has 5 rings (SSSR count). The van der Waals surface area contributed by atoms with E-state index in [1.165, 1.54) is 19.2 Å². The van der Waals surface area contributed by atoms with Crippen molar-refractivity contribution in [1.29, 1.82) is 0 Å². The molecule has 1 fully saturated rings. The maximum absolute atomic E-state index is 14.4. The molecule has 0 N–H and O–H groups in total. The van der Waals surface area contributed by atoms with Crippen LogP contribution in [0.5, 0.6) is 0 Å². The van der Waals surface area contributed by atoms with E-state index in [-0.39, 0.29) is 37.8 Å². The van der Waals surface area contributed by atoms with Crippen LogP contribution in [0.25, 0.3) is 27.7 Å². The number of pyridine rings is 1. The van der Waals surface area contributed by atoms with Gasteiger partial charge in [0.25, 0.3) is 5.91 Å². The molecule has 4 heterocycles. The molecule has 0 radical (unpaired) electrons. The Balaban J connectivity index is 1.58. The first-order valence-electron chi connectivity index (χ1n) is 20.4. The van der Waals surface area contributed by atoms with Gasteiger partial charge < -0.3 is 28.7 Å². The molecule has 1 unspecified atom stereocenters. The molecule has 0 saturated carbocycles. The summed E-state index contributed by atoms with van der Waals surface area (Å²) in [5.41, 5.74) is 2.50. The fourth-order valence-corrected chi connectivity index (χ4v) is 8.14. The van der Waals surface area contributed by atoms with Crippen LogP contribution in [0.2, 0.25) is 51.4 Å². The van der Waals surface area contributed by atoms with Gasteiger partial charge in [-0.3, -0.25) is 14.7 Å². The molecule has 1 aromatic carbocycles. The van der Waals surface area contributed by atoms with E-state index in [1.54, 1.807) is 39.7 Å². The summed E-state index contributed by atoms with van der Waals surface area (Å²) >= 11 is 0. The number of hydrogen-bond donors (Lipinski definition) is 0. The number of aromatic nitrogens is 4. The Labute approximate surface area is 345 Å². The largest absolute Gasteiger partial charge is 0.444 e. The number of amides is 2. The lowest BCUT2D eigenvalue weighted by Gasteiger charge is -2.39. The molecule has 1 aliphatic heterocycles. The first-order chi connectivity index (χ1) is 27.2. The van der Waals surface area contributed by atoms with Gasteiger partial charge in [-0.1, -0.05) is 39.3 Å². The molecule has 0 spiro atoms. The lowest BCUT2D eigenvalue weighted by atomic mass is 10.0. The smallest absolute Gasteiger partial charge is 0.410 e. The second-order valence-electron chi connectivity index (χ2n) is 18.7. The average Bonchev–Trinajstić information content (AvgIpc) is 3.57. The van der Waals surface area contributed by atoms with Crippen molar-refractivity contribution in [2.75, 3.05) is 51.8 Å². The molecular formula is C42H64FN7O6Si2. The highest BCUT2D eigenvalue weighted by Gasteiger charge is 2.34. The van der Waals surface area contributed by atoms with Crippen LogP contribution in [-0.2, 0) is 30.3 Å². The first kappa shape index (κ1) is 45.1. The monoisotopic (exact) mass is 837 g/mol. The number of carbonyl (C=O) groups is 2. The van der Waals surface area contributed by atoms with Crippen LogP contribution in [-0.4, -0.2) is 122 Å². The van der Waals surface area contributed by atoms with E-state index in [0.29, 0.717) is 72.8 Å². The van der Waals surface area contributed by atoms with Crippen molar-refractivity contribution >= 4 is 50.5 Å². The lowest BCUT2D eigenvalue weighted by molar-refractivity contribution is -0.142. The Morgan fingerprint density at radius 2 is 1.59 bits per heavy atom. The van der Waals surface area contributed by atoms with Gasteiger partial charge in [-0.25, -0.2) is 14.2 Å². The molecule has 3 aromatic heterocycles. The Kier molecular flexibility index (Phi) is 14.7. The molecule has 318 valence electrons. The molecule has 1 atom stereocenters. The first-order valence-corrected chi connectivity index (χ1v) is 27.8. The van der Waals surface area contributed by atoms with Gasteiger partial charge in [-0.05, 0) is 76.9 Å². The molecule has 1 saturated heterocycles. The summed E-state index contributed by atoms with van der Waals surface area (Å²) in [4.78, 5) is 42.4. The molecule has 4 aromatic rings. The van der Waals surface area contributed by atoms with E-state index < -0.39 is 33.9 Å². The minimum Gasteiger partial charge on any atom is -0.444 e. The highest BCUT2D eigenvalue weighted by Crippen LogP contribution is 2.31. The van der Waals surface area contributed by atoms with Gasteiger partial charge >= 0.3 is 6.09 Å². The zero-order chi connectivity index (χ0) is 42.4. The van der Waals surface area contributed by atoms with E-state index in [4.69, 9.17) is 29.0 Å². The summed E-state index contributed by atoms with van der Waals surface area (Å²) in [6, 6.07) is 10.2. The van der Waals surface area contributed by atoms with E-state index in [2.05, 4.69) is 44.3 Å². The van der Waals surface area contributed by atoms with Gasteiger partial charge in [0, 0.05) is 84.4 Å². The number of carbonyl (C=O) groups excluding carboxylic acids is 2. The van der Waals surface area contributed by atoms with Gasteiger partial charge in [0.05, 0.1) is 24.0 Å². The van der Waals surface area contributed by atoms with Gasteiger partial charge in [0.2, 0.25) is 0 Å². The summed E-state index contributed by atoms with van der Waals surface area (Å²) < 4.78 is 40.1. The molecular weight excluding hydrogens is 774 g/mol. The number of halogens is 1. The third-order valence-corrected chi connectivity index (χ3v) is 13.6. The lowest BCUT2D eigenvalue weighted by Crippen LogP contribution is -2.51. The highest BCUT2D eigenvalue weighted by atomic mass is 28.3. The number of hydrogen-bond acceptors (Lipinski definition) is 10. The second kappa shape index (κ2) is 19.0. The van der Waals surface area contributed by atoms with Crippen molar-refractivity contribution < 1.29 is 32.9 Å². The fraction of sp³-hybridized carbons (Fsp3) is 0.595. The zero-order valence-electron chi connectivity index (χ0n) is 36.4. The number of benzene rings is 1. The third-order valence-electron chi connectivity index (χ3n) is 10.2. The van der Waals surface area contributed by atoms with Crippen molar-refractivity contribution in [3.63, 3.8) is 0 Å². The molecule has 2 amide bonds. The quantitative estimate of drug-likeness (QED) is 0.0583. The normalized spacial score (nSPS) is 14.9. The number of anilines is 1. The van der Waals surface area contributed by atoms with Crippen LogP contribution in [0.15, 0.2) is 42.7 Å². The van der Waals surface area contributed by atoms with Crippen LogP contribution < -0.4 is 4.90 Å². The highest BCUT2D eigenvalue weighted by molar-refractivity contribution is 6.76. The number of rotatable bonds is 17. The predicted molar refractivity (Wildman–Crippen MR) is 232 cm³/mol. The average molecular weight is 838 g/mol. The number of fused-ring (bicyclic) bond motifs is 2. The number of likely N-dealkylation sites (tertiary alicyclic amines) is 1. The summed E-state index contributed by atoms with van der Waals surface area (Å²) in [6.07, 6.45) is 3.62. The SMILES string of the molecule is COC(C)C(=O)N1CCC(N(Cc2cc(N(COCC[Si](C)(C)C)COCC[Si](C)(C)C)n3ncc(-c4cnc5ccc(F)cc5c4)c3n2)C(=O)OC(C)(C)C)CC1. The Bertz CT molecular complexity index is 2000. The Morgan fingerprint density at radius 1 is 0.948 bits per heavy atom. The van der Waals surface area contributed by atoms with E-state index in [9.17, 15) is 14.0 Å². The van der Waals surface area contributed by atoms with Crippen LogP contribution in [0.1, 0.15) is 46.2 Å². The minimum absolute atomic E-state index is 0.0695. The van der Waals surface area contributed by atoms with Crippen LogP contribution in [0, 0.1) is 5.82 Å². The van der Waals surface area contributed by atoms with E-state index >= 15 is 0 Å². The molecule has 58 heavy (non-hydrogen) atoms. The van der Waals surface area contributed by atoms with Gasteiger partial charge in [0.15, 0.2) is 5.65 Å². The van der Waals surface area contributed by atoms with Gasteiger partial charge in [0.1, 0.15) is 36.8 Å². The van der Waals surface area contributed by atoms with Crippen molar-refractivity contribution in [1.82, 2.24) is 29.4 Å². The standard InChI is InChI=1S/C42H64FN7O6Si2/c1-30(53-5)40(51)47-16-14-35(15-17-47)49(41(52)56-42(2,3)4)27-34-24-38(48(28-54-18-20-57(6,7)8)29-55-19-21-58(9,10)11)50-39(46-34)36(26-45-50)32-22-31-23-33(43)12-13-37(31)44-25-32/h12-13,22-26,30,35H,14-21,27-29H2,1-11H3. The molecule has 0 bridgehead atoms. The second-order valence-corrected chi connectivity index (χ2v) is 30.0. The predicted octanol–water partition coefficient (Wildman–Crippen LogP) is 8.28. The molecule has 1 aliphatic rings. The van der Waals surface area contributed by atoms with Crippen molar-refractivity contribution in [2.45, 2.75) is 116 Å². The van der Waals surface area contributed by atoms with E-state index in [0.717, 1.165) is 17.7 Å². The Morgan fingerprint density at radius 3 is 2.17 bits per heavy atom. The van der Waals surface area contributed by atoms with Gasteiger partial charge in [-0.2, -0.15) is 9.61 Å². The maximum atomic E-state index is 14.4. The van der Waals surface area contributed by atoms with E-state index in [1.807, 2.05) is 37.8 Å². The van der Waals surface area contributed by atoms with Crippen molar-refractivity contribution in [3.8, 4) is 11.1 Å². The molecule has 0 aliphatic carbocycles. The number of nitrogens with zero attached hydrogens (tertiary/aromatic N) is 7. The molecule has 13 nitrogen and oxygen atoms in total. The van der Waals surface area contributed by atoms with Crippen molar-refractivity contribution in [3.05, 3.63) is 54.2 Å². The summed E-state index contributed by atoms with van der Waals surface area (Å²) in [5, 5.41) is 5.50. The summed E-state index contributed by atoms with van der Waals surface area (Å²) in [5.74, 6) is 0.267. The van der Waals surface area contributed by atoms with Crippen LogP contribution in [0.3, 0.4) is 0 Å². The van der Waals surface area contributed by atoms with Gasteiger partial charge in [-0.15, -0.1) is 0 Å². The summed E-state index contributed by atoms with van der Waals surface area (Å²) in [6.45, 7) is 24.1. The molecule has 16 heteroatoms.